The fraction of sp³-hybridized carbons (Fsp3) is 0.316. The van der Waals surface area contributed by atoms with Crippen molar-refractivity contribution < 1.29 is 9.18 Å². The number of aromatic nitrogens is 1. The Morgan fingerprint density at radius 3 is 2.58 bits per heavy atom. The van der Waals surface area contributed by atoms with E-state index in [-0.39, 0.29) is 11.7 Å². The van der Waals surface area contributed by atoms with E-state index in [1.807, 2.05) is 18.2 Å². The summed E-state index contributed by atoms with van der Waals surface area (Å²) in [6, 6.07) is 10.3. The SMILES string of the molecule is CN=C(NCCNC(=O)c1ccc(C)c(F)c1)NCCc1ccccn1. The molecular weight excluding hydrogens is 333 g/mol. The van der Waals surface area contributed by atoms with Crippen molar-refractivity contribution in [2.24, 2.45) is 4.99 Å². The van der Waals surface area contributed by atoms with Crippen LogP contribution in [-0.4, -0.2) is 43.5 Å². The van der Waals surface area contributed by atoms with Gasteiger partial charge in [-0.25, -0.2) is 4.39 Å². The summed E-state index contributed by atoms with van der Waals surface area (Å²) in [5.74, 6) is -0.0337. The standard InChI is InChI=1S/C19H24FN5O/c1-14-6-7-15(13-17(14)20)18(26)23-11-12-25-19(21-2)24-10-8-16-5-3-4-9-22-16/h3-7,9,13H,8,10-12H2,1-2H3,(H,23,26)(H2,21,24,25). The van der Waals surface area contributed by atoms with Gasteiger partial charge in [0.05, 0.1) is 0 Å². The Labute approximate surface area is 152 Å². The van der Waals surface area contributed by atoms with Crippen LogP contribution in [0.25, 0.3) is 0 Å². The first-order chi connectivity index (χ1) is 12.6. The quantitative estimate of drug-likeness (QED) is 0.400. The van der Waals surface area contributed by atoms with Crippen LogP contribution in [0.1, 0.15) is 21.6 Å². The van der Waals surface area contributed by atoms with E-state index in [2.05, 4.69) is 25.9 Å². The lowest BCUT2D eigenvalue weighted by Crippen LogP contribution is -2.42. The number of guanidine groups is 1. The minimum Gasteiger partial charge on any atom is -0.356 e. The van der Waals surface area contributed by atoms with Crippen molar-refractivity contribution in [2.45, 2.75) is 13.3 Å². The molecule has 0 spiro atoms. The van der Waals surface area contributed by atoms with Crippen LogP contribution in [0.3, 0.4) is 0 Å². The van der Waals surface area contributed by atoms with Crippen molar-refractivity contribution in [1.82, 2.24) is 20.9 Å². The highest BCUT2D eigenvalue weighted by atomic mass is 19.1. The van der Waals surface area contributed by atoms with E-state index in [4.69, 9.17) is 0 Å². The van der Waals surface area contributed by atoms with Gasteiger partial charge in [0.25, 0.3) is 5.91 Å². The molecule has 138 valence electrons. The smallest absolute Gasteiger partial charge is 0.251 e. The van der Waals surface area contributed by atoms with Gasteiger partial charge in [-0.15, -0.1) is 0 Å². The predicted molar refractivity (Wildman–Crippen MR) is 101 cm³/mol. The zero-order valence-electron chi connectivity index (χ0n) is 15.1. The number of nitrogens with zero attached hydrogens (tertiary/aromatic N) is 2. The van der Waals surface area contributed by atoms with Crippen LogP contribution in [0.4, 0.5) is 4.39 Å². The zero-order chi connectivity index (χ0) is 18.8. The Morgan fingerprint density at radius 2 is 1.88 bits per heavy atom. The predicted octanol–water partition coefficient (Wildman–Crippen LogP) is 1.67. The number of rotatable bonds is 7. The number of hydrogen-bond acceptors (Lipinski definition) is 3. The average molecular weight is 357 g/mol. The number of carbonyl (C=O) groups is 1. The van der Waals surface area contributed by atoms with Crippen LogP contribution in [0.2, 0.25) is 0 Å². The molecule has 1 aromatic carbocycles. The maximum absolute atomic E-state index is 13.5. The van der Waals surface area contributed by atoms with Crippen LogP contribution >= 0.6 is 0 Å². The molecule has 0 aliphatic rings. The molecule has 0 aliphatic heterocycles. The highest BCUT2D eigenvalue weighted by Crippen LogP contribution is 2.08. The van der Waals surface area contributed by atoms with Crippen LogP contribution in [0.5, 0.6) is 0 Å². The molecule has 26 heavy (non-hydrogen) atoms. The van der Waals surface area contributed by atoms with E-state index in [0.717, 1.165) is 12.1 Å². The number of benzene rings is 1. The summed E-state index contributed by atoms with van der Waals surface area (Å²) in [5.41, 5.74) is 1.84. The number of nitrogens with one attached hydrogen (secondary N) is 3. The Hall–Kier alpha value is -2.96. The molecule has 0 unspecified atom stereocenters. The number of carbonyl (C=O) groups excluding carboxylic acids is 1. The molecule has 0 atom stereocenters. The summed E-state index contributed by atoms with van der Waals surface area (Å²) >= 11 is 0. The molecule has 0 radical (unpaired) electrons. The van der Waals surface area contributed by atoms with Crippen molar-refractivity contribution in [3.8, 4) is 0 Å². The molecule has 0 fully saturated rings. The molecule has 2 aromatic rings. The third-order valence-electron chi connectivity index (χ3n) is 3.76. The van der Waals surface area contributed by atoms with Gasteiger partial charge >= 0.3 is 0 Å². The van der Waals surface area contributed by atoms with Gasteiger partial charge in [0.15, 0.2) is 5.96 Å². The summed E-state index contributed by atoms with van der Waals surface area (Å²) in [6.45, 7) is 3.26. The lowest BCUT2D eigenvalue weighted by molar-refractivity contribution is 0.0954. The van der Waals surface area contributed by atoms with Crippen LogP contribution in [0, 0.1) is 12.7 Å². The molecule has 0 aliphatic carbocycles. The highest BCUT2D eigenvalue weighted by molar-refractivity contribution is 5.94. The average Bonchev–Trinajstić information content (AvgIpc) is 2.66. The molecule has 0 saturated heterocycles. The summed E-state index contributed by atoms with van der Waals surface area (Å²) in [6.07, 6.45) is 2.56. The van der Waals surface area contributed by atoms with Crippen molar-refractivity contribution >= 4 is 11.9 Å². The lowest BCUT2D eigenvalue weighted by Gasteiger charge is -2.12. The van der Waals surface area contributed by atoms with Gasteiger partial charge in [0.1, 0.15) is 5.82 Å². The number of amides is 1. The Morgan fingerprint density at radius 1 is 1.12 bits per heavy atom. The van der Waals surface area contributed by atoms with Gasteiger partial charge in [-0.2, -0.15) is 0 Å². The van der Waals surface area contributed by atoms with E-state index in [1.165, 1.54) is 6.07 Å². The first-order valence-corrected chi connectivity index (χ1v) is 8.49. The van der Waals surface area contributed by atoms with Crippen LogP contribution < -0.4 is 16.0 Å². The van der Waals surface area contributed by atoms with E-state index < -0.39 is 0 Å². The maximum Gasteiger partial charge on any atom is 0.251 e. The first kappa shape index (κ1) is 19.4. The Kier molecular flexibility index (Phi) is 7.54. The van der Waals surface area contributed by atoms with Crippen LogP contribution in [-0.2, 0) is 6.42 Å². The van der Waals surface area contributed by atoms with Gasteiger partial charge in [0.2, 0.25) is 0 Å². The third kappa shape index (κ3) is 6.16. The molecule has 6 nitrogen and oxygen atoms in total. The van der Waals surface area contributed by atoms with Gasteiger partial charge in [-0.05, 0) is 36.8 Å². The third-order valence-corrected chi connectivity index (χ3v) is 3.76. The molecular formula is C19H24FN5O. The molecule has 1 heterocycles. The van der Waals surface area contributed by atoms with Gasteiger partial charge in [-0.3, -0.25) is 14.8 Å². The Balaban J connectivity index is 1.67. The summed E-state index contributed by atoms with van der Waals surface area (Å²) < 4.78 is 13.5. The van der Waals surface area contributed by atoms with Gasteiger partial charge in [0, 0.05) is 50.6 Å². The molecule has 7 heteroatoms. The topological polar surface area (TPSA) is 78.4 Å². The lowest BCUT2D eigenvalue weighted by atomic mass is 10.1. The number of halogens is 1. The number of pyridine rings is 1. The second kappa shape index (κ2) is 10.1. The zero-order valence-corrected chi connectivity index (χ0v) is 15.1. The minimum absolute atomic E-state index is 0.302. The molecule has 1 amide bonds. The molecule has 1 aromatic heterocycles. The molecule has 3 N–H and O–H groups in total. The normalized spacial score (nSPS) is 11.1. The summed E-state index contributed by atoms with van der Waals surface area (Å²) in [5, 5.41) is 9.05. The second-order valence-electron chi connectivity index (χ2n) is 5.72. The molecule has 0 bridgehead atoms. The van der Waals surface area contributed by atoms with E-state index in [0.29, 0.717) is 36.7 Å². The summed E-state index contributed by atoms with van der Waals surface area (Å²) in [7, 11) is 1.68. The van der Waals surface area contributed by atoms with E-state index in [9.17, 15) is 9.18 Å². The first-order valence-electron chi connectivity index (χ1n) is 8.49. The fourth-order valence-electron chi connectivity index (χ4n) is 2.27. The molecule has 0 saturated carbocycles. The highest BCUT2D eigenvalue weighted by Gasteiger charge is 2.07. The summed E-state index contributed by atoms with van der Waals surface area (Å²) in [4.78, 5) is 20.4. The fourth-order valence-corrected chi connectivity index (χ4v) is 2.27. The van der Waals surface area contributed by atoms with E-state index in [1.54, 1.807) is 32.3 Å². The van der Waals surface area contributed by atoms with Crippen molar-refractivity contribution in [1.29, 1.82) is 0 Å². The van der Waals surface area contributed by atoms with Gasteiger partial charge < -0.3 is 16.0 Å². The van der Waals surface area contributed by atoms with Crippen molar-refractivity contribution in [3.63, 3.8) is 0 Å². The number of aryl methyl sites for hydroxylation is 1. The maximum atomic E-state index is 13.5. The monoisotopic (exact) mass is 357 g/mol. The Bertz CT molecular complexity index is 749. The minimum atomic E-state index is -0.381. The largest absolute Gasteiger partial charge is 0.356 e. The van der Waals surface area contributed by atoms with E-state index >= 15 is 0 Å². The second-order valence-corrected chi connectivity index (χ2v) is 5.72. The number of aliphatic imine (C=N–C) groups is 1. The molecule has 2 rings (SSSR count). The number of hydrogen-bond donors (Lipinski definition) is 3. The van der Waals surface area contributed by atoms with Gasteiger partial charge in [-0.1, -0.05) is 12.1 Å². The van der Waals surface area contributed by atoms with Crippen LogP contribution in [0.15, 0.2) is 47.6 Å². The van der Waals surface area contributed by atoms with Crippen molar-refractivity contribution in [3.05, 3.63) is 65.2 Å². The van der Waals surface area contributed by atoms with Crippen molar-refractivity contribution in [2.75, 3.05) is 26.7 Å².